The van der Waals surface area contributed by atoms with Gasteiger partial charge in [-0.1, -0.05) is 12.1 Å². The highest BCUT2D eigenvalue weighted by Crippen LogP contribution is 2.31. The minimum atomic E-state index is -3.02. The number of ether oxygens (including phenoxy) is 2. The SMILES string of the molecule is COc1cc(C(=O)N(C)[C@H](C)c2cccc([N+](=O)[O-])c2)ccc1OC(F)F. The van der Waals surface area contributed by atoms with Crippen LogP contribution in [0.4, 0.5) is 14.5 Å². The first-order chi connectivity index (χ1) is 12.7. The molecule has 2 aromatic carbocycles. The van der Waals surface area contributed by atoms with Crippen LogP contribution in [-0.2, 0) is 0 Å². The van der Waals surface area contributed by atoms with Crippen LogP contribution >= 0.6 is 0 Å². The van der Waals surface area contributed by atoms with Crippen LogP contribution in [0.1, 0.15) is 28.9 Å². The molecule has 27 heavy (non-hydrogen) atoms. The topological polar surface area (TPSA) is 81.9 Å². The number of benzene rings is 2. The maximum absolute atomic E-state index is 12.7. The van der Waals surface area contributed by atoms with Crippen LogP contribution in [0.2, 0.25) is 0 Å². The van der Waals surface area contributed by atoms with Crippen LogP contribution in [0.15, 0.2) is 42.5 Å². The number of non-ortho nitro benzene ring substituents is 1. The fourth-order valence-corrected chi connectivity index (χ4v) is 2.50. The van der Waals surface area contributed by atoms with Crippen LogP contribution < -0.4 is 9.47 Å². The summed E-state index contributed by atoms with van der Waals surface area (Å²) in [5, 5.41) is 10.9. The largest absolute Gasteiger partial charge is 0.493 e. The second kappa shape index (κ2) is 8.43. The highest BCUT2D eigenvalue weighted by Gasteiger charge is 2.22. The summed E-state index contributed by atoms with van der Waals surface area (Å²) >= 11 is 0. The molecule has 0 unspecified atom stereocenters. The lowest BCUT2D eigenvalue weighted by Gasteiger charge is -2.25. The van der Waals surface area contributed by atoms with Crippen molar-refractivity contribution >= 4 is 11.6 Å². The molecule has 0 N–H and O–H groups in total. The Bertz CT molecular complexity index is 844. The van der Waals surface area contributed by atoms with Gasteiger partial charge in [0.2, 0.25) is 0 Å². The number of carbonyl (C=O) groups excluding carboxylic acids is 1. The van der Waals surface area contributed by atoms with Gasteiger partial charge >= 0.3 is 6.61 Å². The van der Waals surface area contributed by atoms with Gasteiger partial charge < -0.3 is 14.4 Å². The number of hydrogen-bond donors (Lipinski definition) is 0. The van der Waals surface area contributed by atoms with E-state index < -0.39 is 23.5 Å². The first-order valence-electron chi connectivity index (χ1n) is 7.89. The molecule has 7 nitrogen and oxygen atoms in total. The molecule has 0 aliphatic carbocycles. The Labute approximate surface area is 154 Å². The molecule has 0 aliphatic heterocycles. The number of carbonyl (C=O) groups is 1. The Balaban J connectivity index is 2.26. The molecule has 2 rings (SSSR count). The van der Waals surface area contributed by atoms with Crippen molar-refractivity contribution in [1.82, 2.24) is 4.90 Å². The fourth-order valence-electron chi connectivity index (χ4n) is 2.50. The predicted molar refractivity (Wildman–Crippen MR) is 93.2 cm³/mol. The van der Waals surface area contributed by atoms with Gasteiger partial charge in [0.1, 0.15) is 0 Å². The van der Waals surface area contributed by atoms with Gasteiger partial charge in [0.05, 0.1) is 18.1 Å². The second-order valence-electron chi connectivity index (χ2n) is 5.69. The third kappa shape index (κ3) is 4.69. The molecule has 0 bridgehead atoms. The minimum absolute atomic E-state index is 0.00227. The number of alkyl halides is 2. The van der Waals surface area contributed by atoms with Crippen molar-refractivity contribution in [3.8, 4) is 11.5 Å². The Morgan fingerprint density at radius 2 is 1.89 bits per heavy atom. The van der Waals surface area contributed by atoms with Crippen LogP contribution in [0.3, 0.4) is 0 Å². The molecular weight excluding hydrogens is 362 g/mol. The molecule has 0 fully saturated rings. The zero-order valence-electron chi connectivity index (χ0n) is 14.9. The highest BCUT2D eigenvalue weighted by atomic mass is 19.3. The molecule has 9 heteroatoms. The van der Waals surface area contributed by atoms with Crippen molar-refractivity contribution in [1.29, 1.82) is 0 Å². The molecule has 2 aromatic rings. The lowest BCUT2D eigenvalue weighted by Crippen LogP contribution is -2.29. The van der Waals surface area contributed by atoms with E-state index in [-0.39, 0.29) is 22.7 Å². The standard InChI is InChI=1S/C18H18F2N2O5/c1-11(12-5-4-6-14(9-12)22(24)25)21(2)17(23)13-7-8-15(27-18(19)20)16(10-13)26-3/h4-11,18H,1-3H3/t11-/m1/s1. The van der Waals surface area contributed by atoms with Gasteiger partial charge in [0, 0.05) is 24.7 Å². The molecule has 1 atom stereocenters. The summed E-state index contributed by atoms with van der Waals surface area (Å²) in [5.41, 5.74) is 0.716. The molecule has 144 valence electrons. The van der Waals surface area contributed by atoms with Crippen LogP contribution in [-0.4, -0.2) is 36.5 Å². The van der Waals surface area contributed by atoms with E-state index in [0.717, 1.165) is 0 Å². The summed E-state index contributed by atoms with van der Waals surface area (Å²) in [6.07, 6.45) is 0. The van der Waals surface area contributed by atoms with Crippen molar-refractivity contribution in [2.24, 2.45) is 0 Å². The van der Waals surface area contributed by atoms with Gasteiger partial charge in [-0.05, 0) is 30.7 Å². The van der Waals surface area contributed by atoms with Crippen molar-refractivity contribution in [2.45, 2.75) is 19.6 Å². The predicted octanol–water partition coefficient (Wildman–Crippen LogP) is 4.04. The van der Waals surface area contributed by atoms with Crippen molar-refractivity contribution in [3.63, 3.8) is 0 Å². The summed E-state index contributed by atoms with van der Waals surface area (Å²) in [6, 6.07) is 9.41. The van der Waals surface area contributed by atoms with Crippen LogP contribution in [0.25, 0.3) is 0 Å². The van der Waals surface area contributed by atoms with E-state index in [9.17, 15) is 23.7 Å². The molecule has 0 spiro atoms. The molecule has 0 saturated heterocycles. The Hall–Kier alpha value is -3.23. The summed E-state index contributed by atoms with van der Waals surface area (Å²) in [6.45, 7) is -1.29. The summed E-state index contributed by atoms with van der Waals surface area (Å²) in [7, 11) is 2.82. The normalized spacial score (nSPS) is 11.8. The van der Waals surface area contributed by atoms with Crippen molar-refractivity contribution in [3.05, 3.63) is 63.7 Å². The number of hydrogen-bond acceptors (Lipinski definition) is 5. The van der Waals surface area contributed by atoms with E-state index in [1.54, 1.807) is 26.1 Å². The molecule has 0 aromatic heterocycles. The third-order valence-corrected chi connectivity index (χ3v) is 4.09. The third-order valence-electron chi connectivity index (χ3n) is 4.09. The summed E-state index contributed by atoms with van der Waals surface area (Å²) < 4.78 is 34.1. The van der Waals surface area contributed by atoms with Gasteiger partial charge in [-0.3, -0.25) is 14.9 Å². The molecule has 0 radical (unpaired) electrons. The van der Waals surface area contributed by atoms with Gasteiger partial charge in [-0.15, -0.1) is 0 Å². The molecule has 0 saturated carbocycles. The number of methoxy groups -OCH3 is 1. The molecular formula is C18H18F2N2O5. The molecule has 0 heterocycles. The highest BCUT2D eigenvalue weighted by molar-refractivity contribution is 5.95. The van der Waals surface area contributed by atoms with Crippen LogP contribution in [0, 0.1) is 10.1 Å². The zero-order chi connectivity index (χ0) is 20.1. The Morgan fingerprint density at radius 1 is 1.19 bits per heavy atom. The maximum atomic E-state index is 12.7. The van der Waals surface area contributed by atoms with Gasteiger partial charge in [0.25, 0.3) is 11.6 Å². The number of nitro benzene ring substituents is 1. The fraction of sp³-hybridized carbons (Fsp3) is 0.278. The maximum Gasteiger partial charge on any atom is 0.387 e. The van der Waals surface area contributed by atoms with E-state index in [0.29, 0.717) is 5.56 Å². The Kier molecular flexibility index (Phi) is 6.27. The monoisotopic (exact) mass is 380 g/mol. The average molecular weight is 380 g/mol. The zero-order valence-corrected chi connectivity index (χ0v) is 14.9. The van der Waals surface area contributed by atoms with Crippen LogP contribution in [0.5, 0.6) is 11.5 Å². The Morgan fingerprint density at radius 3 is 2.48 bits per heavy atom. The number of amides is 1. The van der Waals surface area contributed by atoms with Crippen molar-refractivity contribution < 1.29 is 28.0 Å². The van der Waals surface area contributed by atoms with E-state index >= 15 is 0 Å². The van der Waals surface area contributed by atoms with E-state index in [2.05, 4.69) is 4.74 Å². The van der Waals surface area contributed by atoms with Crippen molar-refractivity contribution in [2.75, 3.05) is 14.2 Å². The van der Waals surface area contributed by atoms with E-state index in [1.807, 2.05) is 0 Å². The lowest BCUT2D eigenvalue weighted by molar-refractivity contribution is -0.384. The number of nitro groups is 1. The molecule has 0 aliphatic rings. The first kappa shape index (κ1) is 20.1. The smallest absolute Gasteiger partial charge is 0.387 e. The van der Waals surface area contributed by atoms with E-state index in [1.165, 1.54) is 42.3 Å². The summed E-state index contributed by atoms with van der Waals surface area (Å²) in [5.74, 6) is -0.591. The minimum Gasteiger partial charge on any atom is -0.493 e. The summed E-state index contributed by atoms with van der Waals surface area (Å²) in [4.78, 5) is 24.5. The van der Waals surface area contributed by atoms with Gasteiger partial charge in [-0.2, -0.15) is 8.78 Å². The number of rotatable bonds is 7. The average Bonchev–Trinajstić information content (AvgIpc) is 2.66. The quantitative estimate of drug-likeness (QED) is 0.535. The first-order valence-corrected chi connectivity index (χ1v) is 7.89. The van der Waals surface area contributed by atoms with Gasteiger partial charge in [0.15, 0.2) is 11.5 Å². The lowest BCUT2D eigenvalue weighted by atomic mass is 10.1. The number of halogens is 2. The van der Waals surface area contributed by atoms with Gasteiger partial charge in [-0.25, -0.2) is 0 Å². The second-order valence-corrected chi connectivity index (χ2v) is 5.69. The number of nitrogens with zero attached hydrogens (tertiary/aromatic N) is 2. The molecule has 1 amide bonds. The van der Waals surface area contributed by atoms with E-state index in [4.69, 9.17) is 4.74 Å².